The molecule has 0 aromatic carbocycles. The van der Waals surface area contributed by atoms with Crippen molar-refractivity contribution in [3.63, 3.8) is 0 Å². The van der Waals surface area contributed by atoms with E-state index in [1.807, 2.05) is 6.92 Å². The number of nitrogens with two attached hydrogens (primary N) is 1. The summed E-state index contributed by atoms with van der Waals surface area (Å²) in [4.78, 5) is 20.6. The van der Waals surface area contributed by atoms with Crippen LogP contribution in [0, 0.1) is 0 Å². The van der Waals surface area contributed by atoms with E-state index in [4.69, 9.17) is 5.73 Å². The Balaban J connectivity index is 2.12. The summed E-state index contributed by atoms with van der Waals surface area (Å²) in [5.74, 6) is 0.105. The quantitative estimate of drug-likeness (QED) is 0.793. The number of aromatic nitrogens is 3. The first-order valence-electron chi connectivity index (χ1n) is 6.70. The first-order chi connectivity index (χ1) is 10.1. The Morgan fingerprint density at radius 2 is 2.00 bits per heavy atom. The molecule has 8 nitrogen and oxygen atoms in total. The maximum Gasteiger partial charge on any atom is 0.255 e. The van der Waals surface area contributed by atoms with Gasteiger partial charge in [0, 0.05) is 42.7 Å². The number of pyridine rings is 1. The molecule has 3 heterocycles. The molecule has 0 unspecified atom stereocenters. The third kappa shape index (κ3) is 2.17. The number of fused-ring (bicyclic) bond motifs is 1. The molecule has 1 aliphatic rings. The van der Waals surface area contributed by atoms with E-state index in [1.165, 1.54) is 15.1 Å². The van der Waals surface area contributed by atoms with Crippen LogP contribution in [0.4, 0.5) is 5.95 Å². The molecule has 0 spiro atoms. The summed E-state index contributed by atoms with van der Waals surface area (Å²) in [6, 6.07) is 1.73. The highest BCUT2D eigenvalue weighted by Gasteiger charge is 2.46. The second-order valence-corrected chi connectivity index (χ2v) is 8.00. The molecule has 0 atom stereocenters. The van der Waals surface area contributed by atoms with Crippen molar-refractivity contribution in [2.24, 2.45) is 7.05 Å². The van der Waals surface area contributed by atoms with Crippen LogP contribution in [0.15, 0.2) is 17.1 Å². The molecule has 0 saturated carbocycles. The van der Waals surface area contributed by atoms with E-state index in [1.54, 1.807) is 19.3 Å². The van der Waals surface area contributed by atoms with Gasteiger partial charge in [-0.1, -0.05) is 6.92 Å². The van der Waals surface area contributed by atoms with E-state index < -0.39 is 15.4 Å². The summed E-state index contributed by atoms with van der Waals surface area (Å²) in [6.07, 6.45) is 2.73. The van der Waals surface area contributed by atoms with Crippen LogP contribution in [0.25, 0.3) is 11.0 Å². The molecule has 1 fully saturated rings. The Labute approximate surface area is 127 Å². The number of nitrogens with zero attached hydrogens (tertiary/aromatic N) is 4. The predicted molar refractivity (Wildman–Crippen MR) is 83.0 cm³/mol. The maximum atomic E-state index is 12.6. The standard InChI is InChI=1S/C13H17N5O3S/c1-13(6-18(7-13)22(3,20)21)9-4-8-5-15-12(14)16-10(8)17(2)11(9)19/h4-5H,6-7H2,1-3H3,(H2,14,15,16). The summed E-state index contributed by atoms with van der Waals surface area (Å²) in [6.45, 7) is 2.47. The van der Waals surface area contributed by atoms with Gasteiger partial charge in [-0.25, -0.2) is 17.7 Å². The molecule has 118 valence electrons. The number of hydrogen-bond donors (Lipinski definition) is 1. The van der Waals surface area contributed by atoms with Crippen molar-refractivity contribution in [3.05, 3.63) is 28.2 Å². The Hall–Kier alpha value is -2.00. The van der Waals surface area contributed by atoms with E-state index in [2.05, 4.69) is 9.97 Å². The number of sulfonamides is 1. The lowest BCUT2D eigenvalue weighted by molar-refractivity contribution is 0.170. The minimum absolute atomic E-state index is 0.105. The molecule has 3 rings (SSSR count). The average Bonchev–Trinajstić information content (AvgIpc) is 2.39. The molecule has 0 radical (unpaired) electrons. The van der Waals surface area contributed by atoms with Crippen LogP contribution in [0.3, 0.4) is 0 Å². The normalized spacial score (nSPS) is 18.3. The van der Waals surface area contributed by atoms with E-state index in [0.717, 1.165) is 0 Å². The zero-order valence-electron chi connectivity index (χ0n) is 12.6. The Morgan fingerprint density at radius 3 is 2.59 bits per heavy atom. The molecule has 22 heavy (non-hydrogen) atoms. The number of hydrogen-bond acceptors (Lipinski definition) is 6. The van der Waals surface area contributed by atoms with Crippen LogP contribution in [-0.4, -0.2) is 46.6 Å². The second kappa shape index (κ2) is 4.50. The van der Waals surface area contributed by atoms with Gasteiger partial charge in [0.2, 0.25) is 16.0 Å². The molecule has 0 aliphatic carbocycles. The number of aryl methyl sites for hydroxylation is 1. The molecular formula is C13H17N5O3S. The van der Waals surface area contributed by atoms with Crippen LogP contribution in [0.5, 0.6) is 0 Å². The maximum absolute atomic E-state index is 12.6. The smallest absolute Gasteiger partial charge is 0.255 e. The lowest BCUT2D eigenvalue weighted by Gasteiger charge is -2.46. The molecule has 1 aliphatic heterocycles. The summed E-state index contributed by atoms with van der Waals surface area (Å²) in [5.41, 5.74) is 5.89. The van der Waals surface area contributed by atoms with Gasteiger partial charge in [0.1, 0.15) is 5.65 Å². The molecule has 1 saturated heterocycles. The van der Waals surface area contributed by atoms with E-state index in [9.17, 15) is 13.2 Å². The zero-order valence-corrected chi connectivity index (χ0v) is 13.4. The SMILES string of the molecule is Cn1c(=O)c(C2(C)CN(S(C)(=O)=O)C2)cc2cnc(N)nc21. The minimum atomic E-state index is -3.23. The summed E-state index contributed by atoms with van der Waals surface area (Å²) in [5, 5.41) is 0.699. The van der Waals surface area contributed by atoms with Gasteiger partial charge in [0.05, 0.1) is 6.26 Å². The summed E-state index contributed by atoms with van der Waals surface area (Å²) >= 11 is 0. The highest BCUT2D eigenvalue weighted by atomic mass is 32.2. The Kier molecular flexibility index (Phi) is 3.05. The molecule has 2 N–H and O–H groups in total. The van der Waals surface area contributed by atoms with Crippen LogP contribution >= 0.6 is 0 Å². The number of anilines is 1. The second-order valence-electron chi connectivity index (χ2n) is 6.02. The molecular weight excluding hydrogens is 306 g/mol. The van der Waals surface area contributed by atoms with E-state index in [-0.39, 0.29) is 11.5 Å². The molecule has 0 amide bonds. The van der Waals surface area contributed by atoms with Crippen molar-refractivity contribution in [1.29, 1.82) is 0 Å². The van der Waals surface area contributed by atoms with Gasteiger partial charge in [0.15, 0.2) is 0 Å². The largest absolute Gasteiger partial charge is 0.368 e. The van der Waals surface area contributed by atoms with Crippen LogP contribution in [-0.2, 0) is 22.5 Å². The first kappa shape index (κ1) is 14.9. The van der Waals surface area contributed by atoms with Crippen molar-refractivity contribution < 1.29 is 8.42 Å². The number of nitrogen functional groups attached to an aromatic ring is 1. The minimum Gasteiger partial charge on any atom is -0.368 e. The lowest BCUT2D eigenvalue weighted by Crippen LogP contribution is -2.60. The summed E-state index contributed by atoms with van der Waals surface area (Å²) < 4.78 is 25.9. The van der Waals surface area contributed by atoms with Crippen molar-refractivity contribution in [1.82, 2.24) is 18.8 Å². The number of rotatable bonds is 2. The highest BCUT2D eigenvalue weighted by molar-refractivity contribution is 7.88. The van der Waals surface area contributed by atoms with Gasteiger partial charge in [-0.3, -0.25) is 9.36 Å². The third-order valence-electron chi connectivity index (χ3n) is 4.14. The average molecular weight is 323 g/mol. The van der Waals surface area contributed by atoms with Gasteiger partial charge >= 0.3 is 0 Å². The van der Waals surface area contributed by atoms with Crippen LogP contribution in [0.2, 0.25) is 0 Å². The van der Waals surface area contributed by atoms with Crippen molar-refractivity contribution in [2.75, 3.05) is 25.1 Å². The van der Waals surface area contributed by atoms with Crippen molar-refractivity contribution >= 4 is 27.0 Å². The molecule has 2 aromatic rings. The topological polar surface area (TPSA) is 111 Å². The fourth-order valence-electron chi connectivity index (χ4n) is 2.83. The predicted octanol–water partition coefficient (Wildman–Crippen LogP) is -0.556. The monoisotopic (exact) mass is 323 g/mol. The van der Waals surface area contributed by atoms with Crippen molar-refractivity contribution in [3.8, 4) is 0 Å². The molecule has 0 bridgehead atoms. The molecule has 2 aromatic heterocycles. The van der Waals surface area contributed by atoms with Gasteiger partial charge in [-0.05, 0) is 6.07 Å². The van der Waals surface area contributed by atoms with Gasteiger partial charge in [-0.15, -0.1) is 0 Å². The fraction of sp³-hybridized carbons (Fsp3) is 0.462. The van der Waals surface area contributed by atoms with Crippen LogP contribution in [0.1, 0.15) is 12.5 Å². The van der Waals surface area contributed by atoms with Gasteiger partial charge in [-0.2, -0.15) is 4.98 Å². The van der Waals surface area contributed by atoms with Crippen LogP contribution < -0.4 is 11.3 Å². The lowest BCUT2D eigenvalue weighted by atomic mass is 9.77. The fourth-order valence-corrected chi connectivity index (χ4v) is 3.87. The zero-order chi connectivity index (χ0) is 16.3. The third-order valence-corrected chi connectivity index (χ3v) is 5.33. The highest BCUT2D eigenvalue weighted by Crippen LogP contribution is 2.34. The molecule has 9 heteroatoms. The Bertz CT molecular complexity index is 929. The Morgan fingerprint density at radius 1 is 1.36 bits per heavy atom. The van der Waals surface area contributed by atoms with Gasteiger partial charge in [0.25, 0.3) is 5.56 Å². The van der Waals surface area contributed by atoms with E-state index in [0.29, 0.717) is 29.7 Å². The van der Waals surface area contributed by atoms with E-state index >= 15 is 0 Å². The summed E-state index contributed by atoms with van der Waals surface area (Å²) in [7, 11) is -1.61. The van der Waals surface area contributed by atoms with Gasteiger partial charge < -0.3 is 5.73 Å². The van der Waals surface area contributed by atoms with Crippen molar-refractivity contribution in [2.45, 2.75) is 12.3 Å². The first-order valence-corrected chi connectivity index (χ1v) is 8.54.